The summed E-state index contributed by atoms with van der Waals surface area (Å²) in [7, 11) is 1.64. The first-order valence-electron chi connectivity index (χ1n) is 6.50. The predicted octanol–water partition coefficient (Wildman–Crippen LogP) is 3.26. The van der Waals surface area contributed by atoms with E-state index in [0.717, 1.165) is 26.7 Å². The second-order valence-corrected chi connectivity index (χ2v) is 5.52. The molecule has 6 nitrogen and oxygen atoms in total. The average Bonchev–Trinajstić information content (AvgIpc) is 2.96. The fraction of sp³-hybridized carbons (Fsp3) is 0.133. The smallest absolute Gasteiger partial charge is 0.417 e. The van der Waals surface area contributed by atoms with Crippen LogP contribution < -0.4 is 4.74 Å². The Balaban J connectivity index is 1.75. The highest BCUT2D eigenvalue weighted by Crippen LogP contribution is 2.23. The molecule has 0 aliphatic heterocycles. The third-order valence-electron chi connectivity index (χ3n) is 3.12. The van der Waals surface area contributed by atoms with Gasteiger partial charge >= 0.3 is 6.09 Å². The van der Waals surface area contributed by atoms with Gasteiger partial charge in [-0.25, -0.2) is 19.3 Å². The molecule has 0 unspecified atom stereocenters. The van der Waals surface area contributed by atoms with Gasteiger partial charge in [0, 0.05) is 11.9 Å². The molecule has 2 heterocycles. The van der Waals surface area contributed by atoms with Crippen molar-refractivity contribution in [2.75, 3.05) is 7.11 Å². The molecule has 1 aromatic carbocycles. The lowest BCUT2D eigenvalue weighted by atomic mass is 10.2. The number of hydrogen-bond acceptors (Lipinski definition) is 5. The van der Waals surface area contributed by atoms with Crippen LogP contribution in [0.3, 0.4) is 0 Å². The summed E-state index contributed by atoms with van der Waals surface area (Å²) < 4.78 is 6.18. The molecule has 0 saturated heterocycles. The highest BCUT2D eigenvalue weighted by Gasteiger charge is 2.10. The van der Waals surface area contributed by atoms with Crippen molar-refractivity contribution in [3.63, 3.8) is 0 Å². The monoisotopic (exact) mass is 315 g/mol. The Kier molecular flexibility index (Phi) is 3.97. The first-order valence-corrected chi connectivity index (χ1v) is 7.49. The molecule has 0 spiro atoms. The van der Waals surface area contributed by atoms with E-state index in [-0.39, 0.29) is 0 Å². The van der Waals surface area contributed by atoms with E-state index in [1.807, 2.05) is 24.3 Å². The van der Waals surface area contributed by atoms with E-state index in [2.05, 4.69) is 9.97 Å². The largest absolute Gasteiger partial charge is 0.497 e. The van der Waals surface area contributed by atoms with Gasteiger partial charge in [0.1, 0.15) is 16.3 Å². The summed E-state index contributed by atoms with van der Waals surface area (Å²) in [6, 6.07) is 9.47. The fourth-order valence-corrected chi connectivity index (χ4v) is 2.79. The van der Waals surface area contributed by atoms with Gasteiger partial charge in [-0.15, -0.1) is 11.8 Å². The summed E-state index contributed by atoms with van der Waals surface area (Å²) >= 11 is 1.55. The van der Waals surface area contributed by atoms with Gasteiger partial charge in [-0.1, -0.05) is 12.1 Å². The maximum absolute atomic E-state index is 11.0. The van der Waals surface area contributed by atoms with Crippen LogP contribution in [0.5, 0.6) is 5.75 Å². The zero-order valence-corrected chi connectivity index (χ0v) is 12.6. The summed E-state index contributed by atoms with van der Waals surface area (Å²) in [6.45, 7) is 0. The third kappa shape index (κ3) is 2.89. The number of fused-ring (bicyclic) bond motifs is 1. The molecule has 3 aromatic rings. The van der Waals surface area contributed by atoms with Crippen LogP contribution in [0.2, 0.25) is 0 Å². The summed E-state index contributed by atoms with van der Waals surface area (Å²) in [5, 5.41) is 9.77. The molecule has 0 atom stereocenters. The van der Waals surface area contributed by atoms with Crippen LogP contribution in [0, 0.1) is 0 Å². The van der Waals surface area contributed by atoms with Crippen LogP contribution >= 0.6 is 11.8 Å². The number of ether oxygens (including phenoxy) is 1. The minimum absolute atomic E-state index is 0.348. The van der Waals surface area contributed by atoms with Crippen molar-refractivity contribution in [2.45, 2.75) is 10.8 Å². The molecule has 0 fully saturated rings. The number of thioether (sulfide) groups is 1. The number of benzene rings is 1. The first kappa shape index (κ1) is 14.4. The average molecular weight is 315 g/mol. The Morgan fingerprint density at radius 2 is 2.09 bits per heavy atom. The number of carboxylic acid groups (broad SMARTS) is 1. The number of aromatic nitrogens is 3. The number of methoxy groups -OCH3 is 1. The van der Waals surface area contributed by atoms with Crippen LogP contribution in [-0.2, 0) is 5.75 Å². The standard InChI is InChI=1S/C15H13N3O3S/c1-21-11-4-2-10(3-5-11)9-22-13-8-16-14-12(17-13)6-7-18(14)15(19)20/h2-8H,9H2,1H3,(H,19,20). The van der Waals surface area contributed by atoms with Gasteiger partial charge in [-0.2, -0.15) is 0 Å². The molecular formula is C15H13N3O3S. The number of hydrogen-bond donors (Lipinski definition) is 1. The van der Waals surface area contributed by atoms with Crippen molar-refractivity contribution in [3.05, 3.63) is 48.3 Å². The van der Waals surface area contributed by atoms with Crippen LogP contribution in [0.25, 0.3) is 11.2 Å². The minimum Gasteiger partial charge on any atom is -0.497 e. The lowest BCUT2D eigenvalue weighted by Crippen LogP contribution is -2.06. The van der Waals surface area contributed by atoms with Crippen molar-refractivity contribution in [1.82, 2.24) is 14.5 Å². The fourth-order valence-electron chi connectivity index (χ4n) is 2.00. The first-order chi connectivity index (χ1) is 10.7. The quantitative estimate of drug-likeness (QED) is 0.745. The van der Waals surface area contributed by atoms with Crippen LogP contribution in [0.4, 0.5) is 4.79 Å². The molecular weight excluding hydrogens is 302 g/mol. The Bertz CT molecular complexity index is 815. The highest BCUT2D eigenvalue weighted by molar-refractivity contribution is 7.98. The van der Waals surface area contributed by atoms with E-state index in [1.54, 1.807) is 31.1 Å². The molecule has 3 rings (SSSR count). The Hall–Kier alpha value is -2.54. The SMILES string of the molecule is COc1ccc(CSc2cnc3c(ccn3C(=O)O)n2)cc1. The predicted molar refractivity (Wildman–Crippen MR) is 83.5 cm³/mol. The molecule has 2 aromatic heterocycles. The van der Waals surface area contributed by atoms with Crippen LogP contribution in [0.15, 0.2) is 47.8 Å². The lowest BCUT2D eigenvalue weighted by Gasteiger charge is -2.03. The van der Waals surface area contributed by atoms with Crippen molar-refractivity contribution in [3.8, 4) is 5.75 Å². The minimum atomic E-state index is -1.07. The Morgan fingerprint density at radius 3 is 2.77 bits per heavy atom. The molecule has 1 N–H and O–H groups in total. The number of rotatable bonds is 4. The Labute approximate surface area is 130 Å². The van der Waals surface area contributed by atoms with Crippen molar-refractivity contribution in [2.24, 2.45) is 0 Å². The summed E-state index contributed by atoms with van der Waals surface area (Å²) in [4.78, 5) is 19.6. The van der Waals surface area contributed by atoms with Gasteiger partial charge in [0.25, 0.3) is 0 Å². The maximum atomic E-state index is 11.0. The second kappa shape index (κ2) is 6.07. The van der Waals surface area contributed by atoms with E-state index >= 15 is 0 Å². The van der Waals surface area contributed by atoms with Gasteiger partial charge < -0.3 is 9.84 Å². The summed E-state index contributed by atoms with van der Waals surface area (Å²) in [6.07, 6.45) is 1.98. The van der Waals surface area contributed by atoms with E-state index in [9.17, 15) is 4.79 Å². The summed E-state index contributed by atoms with van der Waals surface area (Å²) in [5.41, 5.74) is 2.07. The zero-order chi connectivity index (χ0) is 15.5. The van der Waals surface area contributed by atoms with E-state index in [4.69, 9.17) is 9.84 Å². The van der Waals surface area contributed by atoms with Gasteiger partial charge in [0.2, 0.25) is 0 Å². The lowest BCUT2D eigenvalue weighted by molar-refractivity contribution is 0.197. The van der Waals surface area contributed by atoms with Crippen LogP contribution in [-0.4, -0.2) is 32.8 Å². The molecule has 0 bridgehead atoms. The van der Waals surface area contributed by atoms with Crippen LogP contribution in [0.1, 0.15) is 5.56 Å². The topological polar surface area (TPSA) is 77.2 Å². The molecule has 22 heavy (non-hydrogen) atoms. The van der Waals surface area contributed by atoms with E-state index < -0.39 is 6.09 Å². The van der Waals surface area contributed by atoms with Crippen molar-refractivity contribution in [1.29, 1.82) is 0 Å². The van der Waals surface area contributed by atoms with E-state index in [0.29, 0.717) is 11.2 Å². The highest BCUT2D eigenvalue weighted by atomic mass is 32.2. The van der Waals surface area contributed by atoms with E-state index in [1.165, 1.54) is 6.20 Å². The van der Waals surface area contributed by atoms with Gasteiger partial charge in [-0.3, -0.25) is 0 Å². The van der Waals surface area contributed by atoms with Crippen molar-refractivity contribution < 1.29 is 14.6 Å². The number of nitrogens with zero attached hydrogens (tertiary/aromatic N) is 3. The molecule has 0 aliphatic rings. The molecule has 0 aliphatic carbocycles. The molecule has 7 heteroatoms. The maximum Gasteiger partial charge on any atom is 0.417 e. The van der Waals surface area contributed by atoms with Gasteiger partial charge in [0.05, 0.1) is 13.3 Å². The molecule has 112 valence electrons. The Morgan fingerprint density at radius 1 is 1.32 bits per heavy atom. The second-order valence-electron chi connectivity index (χ2n) is 4.52. The third-order valence-corrected chi connectivity index (χ3v) is 4.09. The van der Waals surface area contributed by atoms with Gasteiger partial charge in [-0.05, 0) is 23.8 Å². The van der Waals surface area contributed by atoms with Crippen molar-refractivity contribution >= 4 is 29.0 Å². The van der Waals surface area contributed by atoms with Gasteiger partial charge in [0.15, 0.2) is 5.65 Å². The summed E-state index contributed by atoms with van der Waals surface area (Å²) in [5.74, 6) is 1.58. The molecule has 0 amide bonds. The molecule has 0 saturated carbocycles. The zero-order valence-electron chi connectivity index (χ0n) is 11.8. The normalized spacial score (nSPS) is 10.8. The molecule has 0 radical (unpaired) electrons. The number of carbonyl (C=O) groups is 1.